The standard InChI is InChI=1S/C64H85N7O14S2/c1-9-26-86-87-64(21-11-12-22-64)37-85-63(80)71-49-33-55(54(81-8)31-46(49)58(75)69-35-40(5)28-51(69)60(71)77)83-25-14-10-13-24-82-53-32-48-45(29-41(53)6)57(74)68-34-39(4)27-50(68)59(76)70(48)62(79)84-36-44-19-17-43(18-20-44)30-52(72)47(16-15-23-66-61(65)78)67-56(73)42(7)38(2)3/h17-20,29,31-33,38,42,47,50-51,59-60,76-77H,4-5,9-16,21-28,30,34-37H2,1-3,6-8H3,(H,67,73)(H3,65,66,78)/t42-,47-,50-,51-,59?,60?/m0/s1. The number of amides is 7. The van der Waals surface area contributed by atoms with Crippen LogP contribution in [-0.4, -0.2) is 149 Å². The number of anilines is 2. The molecule has 23 heteroatoms. The average molecular weight is 1240 g/mol. The highest BCUT2D eigenvalue weighted by molar-refractivity contribution is 8.77. The van der Waals surface area contributed by atoms with E-state index in [9.17, 15) is 43.8 Å². The number of nitrogens with zero attached hydrogens (tertiary/aromatic N) is 4. The molecule has 1 aliphatic carbocycles. The number of primary amides is 1. The van der Waals surface area contributed by atoms with Gasteiger partial charge in [-0.1, -0.05) is 111 Å². The van der Waals surface area contributed by atoms with Crippen molar-refractivity contribution in [3.8, 4) is 17.2 Å². The minimum atomic E-state index is -1.50. The van der Waals surface area contributed by atoms with E-state index >= 15 is 0 Å². The molecule has 4 aliphatic heterocycles. The fourth-order valence-corrected chi connectivity index (χ4v) is 14.8. The van der Waals surface area contributed by atoms with E-state index < -0.39 is 48.8 Å². The van der Waals surface area contributed by atoms with Gasteiger partial charge in [0.1, 0.15) is 19.0 Å². The molecule has 0 radical (unpaired) electrons. The molecule has 2 unspecified atom stereocenters. The molecule has 472 valence electrons. The number of aryl methyl sites for hydroxylation is 1. The molecule has 0 spiro atoms. The summed E-state index contributed by atoms with van der Waals surface area (Å²) >= 11 is 0. The number of aliphatic hydroxyl groups is 2. The molecule has 1 saturated carbocycles. The first-order chi connectivity index (χ1) is 41.6. The van der Waals surface area contributed by atoms with Crippen molar-refractivity contribution in [1.82, 2.24) is 20.4 Å². The van der Waals surface area contributed by atoms with Crippen LogP contribution in [0.25, 0.3) is 0 Å². The second kappa shape index (κ2) is 29.8. The van der Waals surface area contributed by atoms with Gasteiger partial charge < -0.3 is 60.1 Å². The van der Waals surface area contributed by atoms with E-state index in [2.05, 4.69) is 30.7 Å². The van der Waals surface area contributed by atoms with E-state index in [4.69, 9.17) is 29.4 Å². The Morgan fingerprint density at radius 2 is 1.33 bits per heavy atom. The zero-order valence-electron chi connectivity index (χ0n) is 50.9. The maximum atomic E-state index is 14.3. The van der Waals surface area contributed by atoms with Crippen molar-refractivity contribution < 1.29 is 67.5 Å². The van der Waals surface area contributed by atoms with E-state index in [0.29, 0.717) is 61.0 Å². The molecule has 5 aliphatic rings. The first kappa shape index (κ1) is 66.0. The number of ether oxygens (including phenoxy) is 5. The number of rotatable bonds is 27. The minimum absolute atomic E-state index is 0.0105. The van der Waals surface area contributed by atoms with Crippen molar-refractivity contribution in [1.29, 1.82) is 0 Å². The van der Waals surface area contributed by atoms with Crippen molar-refractivity contribution in [2.75, 3.05) is 62.1 Å². The van der Waals surface area contributed by atoms with E-state index in [1.165, 1.54) is 16.9 Å². The Morgan fingerprint density at radius 1 is 0.770 bits per heavy atom. The van der Waals surface area contributed by atoms with Crippen LogP contribution in [0, 0.1) is 18.8 Å². The summed E-state index contributed by atoms with van der Waals surface area (Å²) in [5.41, 5.74) is 9.22. The van der Waals surface area contributed by atoms with Crippen LogP contribution in [0.5, 0.6) is 17.2 Å². The average Bonchev–Trinajstić information content (AvgIpc) is 1.72. The number of aliphatic hydroxyl groups excluding tert-OH is 2. The monoisotopic (exact) mass is 1240 g/mol. The molecule has 87 heavy (non-hydrogen) atoms. The van der Waals surface area contributed by atoms with Gasteiger partial charge in [-0.3, -0.25) is 19.2 Å². The minimum Gasteiger partial charge on any atom is -0.493 e. The van der Waals surface area contributed by atoms with Gasteiger partial charge in [0, 0.05) is 49.9 Å². The Bertz CT molecular complexity index is 3050. The largest absolute Gasteiger partial charge is 0.493 e. The molecule has 0 bridgehead atoms. The highest BCUT2D eigenvalue weighted by Gasteiger charge is 2.49. The predicted octanol–water partition coefficient (Wildman–Crippen LogP) is 9.36. The molecule has 6 atom stereocenters. The van der Waals surface area contributed by atoms with E-state index in [1.54, 1.807) is 88.9 Å². The molecule has 7 amide bonds. The summed E-state index contributed by atoms with van der Waals surface area (Å²) in [5.74, 6) is 0.466. The Hall–Kier alpha value is -6.95. The maximum absolute atomic E-state index is 14.3. The SMILES string of the molecule is C=C1C[C@H]2C(O)N(C(=O)OCc3ccc(CC(=O)[C@H](CCCNC(N)=O)NC(=O)[C@@H](C)C(C)C)cc3)c3cc(OCCCCCOc4cc5c(cc4OC)C(=O)N4CC(=C)C[C@H]4C(O)N5C(=O)OCC4(SSCCC)CCCC4)c(C)cc3C(=O)N2C1. The molecule has 0 aromatic heterocycles. The molecule has 2 saturated heterocycles. The Balaban J connectivity index is 0.902. The lowest BCUT2D eigenvalue weighted by Crippen LogP contribution is -2.51. The number of nitrogens with one attached hydrogen (secondary N) is 2. The van der Waals surface area contributed by atoms with Crippen molar-refractivity contribution in [3.05, 3.63) is 101 Å². The highest BCUT2D eigenvalue weighted by Crippen LogP contribution is 2.49. The number of carbonyl (C=O) groups excluding carboxylic acids is 7. The molecule has 3 fully saturated rings. The smallest absolute Gasteiger partial charge is 0.416 e. The summed E-state index contributed by atoms with van der Waals surface area (Å²) < 4.78 is 30.1. The van der Waals surface area contributed by atoms with Gasteiger partial charge in [0.15, 0.2) is 29.7 Å². The number of Topliss-reactive ketones (excluding diaryl/α,β-unsaturated/α-hetero) is 1. The number of ketones is 1. The topological polar surface area (TPSA) is 269 Å². The number of fused-ring (bicyclic) bond motifs is 4. The molecule has 6 N–H and O–H groups in total. The first-order valence-corrected chi connectivity index (χ1v) is 32.6. The van der Waals surface area contributed by atoms with Gasteiger partial charge in [-0.2, -0.15) is 0 Å². The summed E-state index contributed by atoms with van der Waals surface area (Å²) in [6.07, 6.45) is 3.45. The Kier molecular flexibility index (Phi) is 22.6. The predicted molar refractivity (Wildman–Crippen MR) is 334 cm³/mol. The van der Waals surface area contributed by atoms with Crippen molar-refractivity contribution in [2.45, 2.75) is 160 Å². The van der Waals surface area contributed by atoms with Gasteiger partial charge in [-0.15, -0.1) is 0 Å². The molecule has 3 aromatic carbocycles. The lowest BCUT2D eigenvalue weighted by Gasteiger charge is -2.33. The van der Waals surface area contributed by atoms with Crippen molar-refractivity contribution in [2.24, 2.45) is 17.6 Å². The van der Waals surface area contributed by atoms with Crippen LogP contribution in [0.1, 0.15) is 142 Å². The summed E-state index contributed by atoms with van der Waals surface area (Å²) in [5, 5.41) is 29.3. The van der Waals surface area contributed by atoms with Crippen molar-refractivity contribution >= 4 is 74.7 Å². The number of carbonyl (C=O) groups is 7. The summed E-state index contributed by atoms with van der Waals surface area (Å²) in [6.45, 7) is 18.9. The van der Waals surface area contributed by atoms with Gasteiger partial charge in [0.05, 0.1) is 65.7 Å². The Morgan fingerprint density at radius 3 is 1.91 bits per heavy atom. The van der Waals surface area contributed by atoms with Gasteiger partial charge in [-0.25, -0.2) is 24.2 Å². The zero-order chi connectivity index (χ0) is 62.7. The Labute approximate surface area is 517 Å². The van der Waals surface area contributed by atoms with Crippen LogP contribution in [0.15, 0.2) is 72.8 Å². The number of benzene rings is 3. The van der Waals surface area contributed by atoms with Crippen LogP contribution in [0.3, 0.4) is 0 Å². The second-order valence-corrected chi connectivity index (χ2v) is 26.7. The third-order valence-electron chi connectivity index (χ3n) is 16.9. The normalized spacial score (nSPS) is 20.2. The van der Waals surface area contributed by atoms with Crippen LogP contribution in [0.4, 0.5) is 25.8 Å². The van der Waals surface area contributed by atoms with Crippen LogP contribution >= 0.6 is 21.6 Å². The van der Waals surface area contributed by atoms with E-state index in [-0.39, 0.29) is 133 Å². The van der Waals surface area contributed by atoms with Crippen LogP contribution in [-0.2, 0) is 32.1 Å². The molecular formula is C64H85N7O14S2. The van der Waals surface area contributed by atoms with Gasteiger partial charge >= 0.3 is 18.2 Å². The number of nitrogens with two attached hydrogens (primary N) is 1. The number of hydrogen-bond acceptors (Lipinski definition) is 16. The third kappa shape index (κ3) is 15.9. The lowest BCUT2D eigenvalue weighted by atomic mass is 9.95. The number of hydrogen-bond donors (Lipinski definition) is 5. The van der Waals surface area contributed by atoms with E-state index in [1.807, 2.05) is 13.8 Å². The van der Waals surface area contributed by atoms with Gasteiger partial charge in [-0.05, 0) is 106 Å². The molecular weight excluding hydrogens is 1150 g/mol. The fraction of sp³-hybridized carbons (Fsp3) is 0.547. The van der Waals surface area contributed by atoms with Crippen LogP contribution in [0.2, 0.25) is 0 Å². The lowest BCUT2D eigenvalue weighted by molar-refractivity contribution is -0.130. The van der Waals surface area contributed by atoms with Gasteiger partial charge in [0.25, 0.3) is 11.8 Å². The second-order valence-electron chi connectivity index (χ2n) is 23.8. The molecule has 4 heterocycles. The number of urea groups is 1. The summed E-state index contributed by atoms with van der Waals surface area (Å²) in [7, 11) is 5.02. The van der Waals surface area contributed by atoms with Crippen molar-refractivity contribution in [3.63, 3.8) is 0 Å². The third-order valence-corrected chi connectivity index (χ3v) is 20.4. The molecule has 3 aromatic rings. The first-order valence-electron chi connectivity index (χ1n) is 30.2. The molecule has 21 nitrogen and oxygen atoms in total. The number of methoxy groups -OCH3 is 1. The van der Waals surface area contributed by atoms with Crippen LogP contribution < -0.4 is 40.4 Å². The van der Waals surface area contributed by atoms with E-state index in [0.717, 1.165) is 53.9 Å². The fourth-order valence-electron chi connectivity index (χ4n) is 11.6. The maximum Gasteiger partial charge on any atom is 0.416 e. The quantitative estimate of drug-likeness (QED) is 0.0270. The highest BCUT2D eigenvalue weighted by atomic mass is 33.1. The summed E-state index contributed by atoms with van der Waals surface area (Å²) in [4.78, 5) is 100. The zero-order valence-corrected chi connectivity index (χ0v) is 52.5. The van der Waals surface area contributed by atoms with Gasteiger partial charge in [0.2, 0.25) is 5.91 Å². The summed E-state index contributed by atoms with van der Waals surface area (Å²) in [6, 6.07) is 10.3. The molecule has 8 rings (SSSR count). The number of unbranched alkanes of at least 4 members (excludes halogenated alkanes) is 2.